The SMILES string of the molecule is COc1cccc(/C=C/c2nc(/C=C/c3cccc(OC)c3)nc(/C=C/c3cccc(OC)c3)n2)c1. The second-order valence-electron chi connectivity index (χ2n) is 7.74. The molecular weight excluding hydrogens is 450 g/mol. The van der Waals surface area contributed by atoms with Gasteiger partial charge >= 0.3 is 0 Å². The lowest BCUT2D eigenvalue weighted by atomic mass is 10.2. The van der Waals surface area contributed by atoms with E-state index in [0.29, 0.717) is 17.5 Å². The van der Waals surface area contributed by atoms with E-state index in [1.54, 1.807) is 21.3 Å². The van der Waals surface area contributed by atoms with Crippen molar-refractivity contribution in [2.75, 3.05) is 21.3 Å². The highest BCUT2D eigenvalue weighted by Gasteiger charge is 2.02. The summed E-state index contributed by atoms with van der Waals surface area (Å²) >= 11 is 0. The zero-order valence-corrected chi connectivity index (χ0v) is 20.5. The molecule has 0 amide bonds. The minimum absolute atomic E-state index is 0.545. The number of hydrogen-bond donors (Lipinski definition) is 0. The largest absolute Gasteiger partial charge is 0.497 e. The van der Waals surface area contributed by atoms with E-state index < -0.39 is 0 Å². The summed E-state index contributed by atoms with van der Waals surface area (Å²) in [7, 11) is 4.95. The molecule has 4 aromatic rings. The van der Waals surface area contributed by atoms with Crippen LogP contribution in [0.5, 0.6) is 17.2 Å². The molecule has 0 radical (unpaired) electrons. The van der Waals surface area contributed by atoms with Crippen molar-refractivity contribution in [1.82, 2.24) is 15.0 Å². The van der Waals surface area contributed by atoms with Gasteiger partial charge in [-0.3, -0.25) is 0 Å². The Bertz CT molecular complexity index is 1230. The summed E-state index contributed by atoms with van der Waals surface area (Å²) in [5.74, 6) is 4.00. The van der Waals surface area contributed by atoms with Crippen LogP contribution in [0.3, 0.4) is 0 Å². The van der Waals surface area contributed by atoms with Gasteiger partial charge in [-0.15, -0.1) is 0 Å². The van der Waals surface area contributed by atoms with E-state index in [1.807, 2.05) is 109 Å². The van der Waals surface area contributed by atoms with Crippen molar-refractivity contribution in [1.29, 1.82) is 0 Å². The maximum absolute atomic E-state index is 5.31. The zero-order valence-electron chi connectivity index (χ0n) is 20.5. The third-order valence-corrected chi connectivity index (χ3v) is 5.24. The Morgan fingerprint density at radius 2 is 0.750 bits per heavy atom. The second kappa shape index (κ2) is 12.1. The van der Waals surface area contributed by atoms with Gasteiger partial charge < -0.3 is 14.2 Å². The standard InChI is InChI=1S/C30H27N3O3/c1-34-25-10-4-7-22(19-25)13-16-28-31-29(17-14-23-8-5-11-26(20-23)35-2)33-30(32-28)18-15-24-9-6-12-27(21-24)36-3/h4-21H,1-3H3/b16-13+,17-14+,18-15+. The molecule has 36 heavy (non-hydrogen) atoms. The van der Waals surface area contributed by atoms with Gasteiger partial charge in [0.25, 0.3) is 0 Å². The molecule has 4 rings (SSSR count). The van der Waals surface area contributed by atoms with Gasteiger partial charge in [-0.2, -0.15) is 0 Å². The Balaban J connectivity index is 1.66. The summed E-state index contributed by atoms with van der Waals surface area (Å²) in [5, 5.41) is 0. The zero-order chi connectivity index (χ0) is 25.2. The summed E-state index contributed by atoms with van der Waals surface area (Å²) in [6, 6.07) is 23.4. The lowest BCUT2D eigenvalue weighted by Gasteiger charge is -2.03. The van der Waals surface area contributed by atoms with Crippen molar-refractivity contribution >= 4 is 36.5 Å². The van der Waals surface area contributed by atoms with E-state index in [4.69, 9.17) is 14.2 Å². The molecule has 0 unspecified atom stereocenters. The van der Waals surface area contributed by atoms with Crippen molar-refractivity contribution in [2.45, 2.75) is 0 Å². The number of methoxy groups -OCH3 is 3. The maximum Gasteiger partial charge on any atom is 0.156 e. The average molecular weight is 478 g/mol. The highest BCUT2D eigenvalue weighted by molar-refractivity contribution is 5.72. The van der Waals surface area contributed by atoms with Crippen LogP contribution in [0.4, 0.5) is 0 Å². The Hall–Kier alpha value is -4.71. The van der Waals surface area contributed by atoms with Gasteiger partial charge in [-0.05, 0) is 71.3 Å². The maximum atomic E-state index is 5.31. The molecule has 0 spiro atoms. The summed E-state index contributed by atoms with van der Waals surface area (Å²) in [6.45, 7) is 0. The molecule has 6 heteroatoms. The molecule has 0 saturated carbocycles. The molecule has 0 aliphatic heterocycles. The molecule has 180 valence electrons. The predicted octanol–water partition coefficient (Wildman–Crippen LogP) is 6.41. The van der Waals surface area contributed by atoms with Gasteiger partial charge in [-0.1, -0.05) is 54.6 Å². The van der Waals surface area contributed by atoms with Crippen molar-refractivity contribution in [3.8, 4) is 17.2 Å². The second-order valence-corrected chi connectivity index (χ2v) is 7.74. The third kappa shape index (κ3) is 6.90. The van der Waals surface area contributed by atoms with Crippen LogP contribution in [0.1, 0.15) is 34.2 Å². The first-order chi connectivity index (χ1) is 17.6. The summed E-state index contributed by atoms with van der Waals surface area (Å²) < 4.78 is 15.9. The number of benzene rings is 3. The fourth-order valence-corrected chi connectivity index (χ4v) is 3.40. The van der Waals surface area contributed by atoms with Crippen LogP contribution in [0, 0.1) is 0 Å². The van der Waals surface area contributed by atoms with Crippen LogP contribution < -0.4 is 14.2 Å². The van der Waals surface area contributed by atoms with E-state index in [9.17, 15) is 0 Å². The monoisotopic (exact) mass is 477 g/mol. The van der Waals surface area contributed by atoms with E-state index >= 15 is 0 Å². The number of aromatic nitrogens is 3. The molecular formula is C30H27N3O3. The molecule has 0 bridgehead atoms. The Morgan fingerprint density at radius 3 is 1.03 bits per heavy atom. The van der Waals surface area contributed by atoms with Gasteiger partial charge in [0, 0.05) is 0 Å². The van der Waals surface area contributed by atoms with Gasteiger partial charge in [0.05, 0.1) is 21.3 Å². The van der Waals surface area contributed by atoms with Crippen LogP contribution in [-0.2, 0) is 0 Å². The molecule has 1 heterocycles. The van der Waals surface area contributed by atoms with Crippen LogP contribution >= 0.6 is 0 Å². The van der Waals surface area contributed by atoms with Gasteiger partial charge in [0.1, 0.15) is 17.2 Å². The first-order valence-corrected chi connectivity index (χ1v) is 11.4. The lowest BCUT2D eigenvalue weighted by molar-refractivity contribution is 0.414. The molecule has 6 nitrogen and oxygen atoms in total. The van der Waals surface area contributed by atoms with Crippen molar-refractivity contribution in [2.24, 2.45) is 0 Å². The molecule has 0 fully saturated rings. The topological polar surface area (TPSA) is 66.4 Å². The van der Waals surface area contributed by atoms with Crippen LogP contribution in [0.15, 0.2) is 72.8 Å². The van der Waals surface area contributed by atoms with Crippen molar-refractivity contribution in [3.05, 3.63) is 107 Å². The van der Waals surface area contributed by atoms with Crippen LogP contribution in [-0.4, -0.2) is 36.3 Å². The van der Waals surface area contributed by atoms with Gasteiger partial charge in [0.15, 0.2) is 17.5 Å². The fourth-order valence-electron chi connectivity index (χ4n) is 3.40. The summed E-state index contributed by atoms with van der Waals surface area (Å²) in [4.78, 5) is 13.9. The minimum Gasteiger partial charge on any atom is -0.497 e. The minimum atomic E-state index is 0.545. The molecule has 0 aliphatic carbocycles. The summed E-state index contributed by atoms with van der Waals surface area (Å²) in [5.41, 5.74) is 2.95. The number of rotatable bonds is 9. The van der Waals surface area contributed by atoms with Gasteiger partial charge in [0.2, 0.25) is 0 Å². The predicted molar refractivity (Wildman–Crippen MR) is 146 cm³/mol. The molecule has 0 aliphatic rings. The van der Waals surface area contributed by atoms with E-state index in [0.717, 1.165) is 33.9 Å². The number of hydrogen-bond acceptors (Lipinski definition) is 6. The fraction of sp³-hybridized carbons (Fsp3) is 0.100. The molecule has 1 aromatic heterocycles. The quantitative estimate of drug-likeness (QED) is 0.278. The Morgan fingerprint density at radius 1 is 0.444 bits per heavy atom. The Kier molecular flexibility index (Phi) is 8.22. The number of ether oxygens (including phenoxy) is 3. The molecule has 0 saturated heterocycles. The molecule has 0 N–H and O–H groups in total. The van der Waals surface area contributed by atoms with Crippen molar-refractivity contribution < 1.29 is 14.2 Å². The van der Waals surface area contributed by atoms with E-state index in [1.165, 1.54) is 0 Å². The van der Waals surface area contributed by atoms with Crippen LogP contribution in [0.25, 0.3) is 36.5 Å². The normalized spacial score (nSPS) is 11.4. The van der Waals surface area contributed by atoms with E-state index in [2.05, 4.69) is 15.0 Å². The average Bonchev–Trinajstić information content (AvgIpc) is 2.94. The summed E-state index contributed by atoms with van der Waals surface area (Å²) in [6.07, 6.45) is 11.4. The first-order valence-electron chi connectivity index (χ1n) is 11.4. The molecule has 3 aromatic carbocycles. The first kappa shape index (κ1) is 24.4. The lowest BCUT2D eigenvalue weighted by Crippen LogP contribution is -1.99. The van der Waals surface area contributed by atoms with E-state index in [-0.39, 0.29) is 0 Å². The molecule has 0 atom stereocenters. The highest BCUT2D eigenvalue weighted by atomic mass is 16.5. The smallest absolute Gasteiger partial charge is 0.156 e. The van der Waals surface area contributed by atoms with Crippen molar-refractivity contribution in [3.63, 3.8) is 0 Å². The van der Waals surface area contributed by atoms with Crippen LogP contribution in [0.2, 0.25) is 0 Å². The number of nitrogens with zero attached hydrogens (tertiary/aromatic N) is 3. The highest BCUT2D eigenvalue weighted by Crippen LogP contribution is 2.18. The third-order valence-electron chi connectivity index (χ3n) is 5.24. The van der Waals surface area contributed by atoms with Gasteiger partial charge in [-0.25, -0.2) is 15.0 Å². The Labute approximate surface area is 211 Å².